The number of hydrogen-bond acceptors (Lipinski definition) is 7. The molecule has 4 aromatic rings. The van der Waals surface area contributed by atoms with Crippen LogP contribution in [-0.4, -0.2) is 42.5 Å². The fraction of sp³-hybridized carbons (Fsp3) is 0.179. The molecule has 0 saturated carbocycles. The Labute approximate surface area is 209 Å². The van der Waals surface area contributed by atoms with Crippen LogP contribution in [0.15, 0.2) is 85.1 Å². The smallest absolute Gasteiger partial charge is 0.215 e. The zero-order valence-electron chi connectivity index (χ0n) is 19.5. The Morgan fingerprint density at radius 3 is 2.63 bits per heavy atom. The normalized spacial score (nSPS) is 15.6. The van der Waals surface area contributed by atoms with Crippen molar-refractivity contribution in [3.05, 3.63) is 102 Å². The number of carbonyl (C=O) groups is 1. The van der Waals surface area contributed by atoms with Crippen LogP contribution in [-0.2, 0) is 0 Å². The molecule has 1 aliphatic rings. The molecule has 1 fully saturated rings. The van der Waals surface area contributed by atoms with Crippen molar-refractivity contribution >= 4 is 17.4 Å². The number of nitrogen functional groups attached to an aromatic ring is 1. The second kappa shape index (κ2) is 9.95. The number of benzene rings is 2. The van der Waals surface area contributed by atoms with Gasteiger partial charge in [0.1, 0.15) is 23.1 Å². The van der Waals surface area contributed by atoms with Crippen molar-refractivity contribution in [3.63, 3.8) is 0 Å². The first-order chi connectivity index (χ1) is 17.1. The summed E-state index contributed by atoms with van der Waals surface area (Å²) in [5, 5.41) is 3.57. The van der Waals surface area contributed by atoms with E-state index in [0.29, 0.717) is 11.3 Å². The number of nitrogens with one attached hydrogen (secondary N) is 1. The van der Waals surface area contributed by atoms with Crippen LogP contribution in [0, 0.1) is 0 Å². The molecule has 1 atom stereocenters. The first-order valence-electron chi connectivity index (χ1n) is 11.6. The van der Waals surface area contributed by atoms with Crippen molar-refractivity contribution < 1.29 is 13.8 Å². The van der Waals surface area contributed by atoms with Crippen LogP contribution in [0.4, 0.5) is 11.6 Å². The van der Waals surface area contributed by atoms with E-state index < -0.39 is 0 Å². The lowest BCUT2D eigenvalue weighted by atomic mass is 10.0. The van der Waals surface area contributed by atoms with E-state index in [-0.39, 0.29) is 21.9 Å². The van der Waals surface area contributed by atoms with Crippen molar-refractivity contribution in [2.75, 3.05) is 37.4 Å². The van der Waals surface area contributed by atoms with Gasteiger partial charge in [-0.25, -0.2) is 9.97 Å². The fourth-order valence-corrected chi connectivity index (χ4v) is 4.33. The molecule has 7 heteroatoms. The van der Waals surface area contributed by atoms with Crippen molar-refractivity contribution in [1.82, 2.24) is 15.3 Å². The van der Waals surface area contributed by atoms with Gasteiger partial charge < -0.3 is 20.7 Å². The van der Waals surface area contributed by atoms with Crippen molar-refractivity contribution in [1.29, 1.82) is 0 Å². The van der Waals surface area contributed by atoms with E-state index in [1.54, 1.807) is 25.4 Å². The third kappa shape index (κ3) is 4.85. The van der Waals surface area contributed by atoms with Gasteiger partial charge in [-0.15, -0.1) is 0 Å². The number of nitrogens with two attached hydrogens (primary N) is 1. The molecule has 0 aliphatic carbocycles. The summed E-state index contributed by atoms with van der Waals surface area (Å²) in [4.78, 5) is 24.6. The summed E-state index contributed by atoms with van der Waals surface area (Å²) in [5.41, 5.74) is 9.75. The summed E-state index contributed by atoms with van der Waals surface area (Å²) >= 11 is 0. The minimum atomic E-state index is -0.248. The summed E-state index contributed by atoms with van der Waals surface area (Å²) in [7, 11) is 1.62. The lowest BCUT2D eigenvalue weighted by molar-refractivity contribution is 0.103. The molecule has 1 saturated heterocycles. The Hall–Kier alpha value is -4.23. The summed E-state index contributed by atoms with van der Waals surface area (Å²) < 4.78 is 5.23. The van der Waals surface area contributed by atoms with Crippen molar-refractivity contribution in [3.8, 4) is 16.9 Å². The first-order valence-corrected chi connectivity index (χ1v) is 11.6. The summed E-state index contributed by atoms with van der Waals surface area (Å²) in [6, 6.07) is 25.5. The van der Waals surface area contributed by atoms with E-state index in [9.17, 15) is 4.79 Å². The largest absolute Gasteiger partial charge is 0.497 e. The van der Waals surface area contributed by atoms with Gasteiger partial charge in [0.2, 0.25) is 5.78 Å². The van der Waals surface area contributed by atoms with Crippen LogP contribution in [0.25, 0.3) is 11.1 Å². The fourth-order valence-electron chi connectivity index (χ4n) is 4.33. The second-order valence-electron chi connectivity index (χ2n) is 8.46. The van der Waals surface area contributed by atoms with Crippen molar-refractivity contribution in [2.45, 2.75) is 6.04 Å². The van der Waals surface area contributed by atoms with Crippen LogP contribution in [0.5, 0.6) is 5.75 Å². The van der Waals surface area contributed by atoms with E-state index in [1.165, 1.54) is 5.56 Å². The van der Waals surface area contributed by atoms with Gasteiger partial charge in [-0.3, -0.25) is 4.79 Å². The molecule has 35 heavy (non-hydrogen) atoms. The molecule has 3 heterocycles. The summed E-state index contributed by atoms with van der Waals surface area (Å²) in [6.45, 7) is 2.41. The number of aromatic nitrogens is 2. The quantitative estimate of drug-likeness (QED) is 0.388. The number of carbonyl (C=O) groups excluding carboxylic acids is 1. The molecule has 1 unspecified atom stereocenters. The topological polar surface area (TPSA) is 93.4 Å². The predicted octanol–water partition coefficient (Wildman–Crippen LogP) is 4.85. The number of ether oxygens (including phenoxy) is 1. The van der Waals surface area contributed by atoms with E-state index in [1.807, 2.05) is 54.6 Å². The monoisotopic (exact) mass is 471 g/mol. The van der Waals surface area contributed by atoms with Crippen LogP contribution >= 0.6 is 0 Å². The van der Waals surface area contributed by atoms with Crippen LogP contribution in [0.2, 0.25) is 0 Å². The highest BCUT2D eigenvalue weighted by Crippen LogP contribution is 2.26. The number of rotatable bonds is 6. The molecule has 2 aromatic heterocycles. The van der Waals surface area contributed by atoms with Crippen LogP contribution in [0.1, 0.15) is 31.9 Å². The maximum absolute atomic E-state index is 13.4. The minimum Gasteiger partial charge on any atom is -0.497 e. The standard InChI is InChI=1S/C28H27N5O2.3H2/c1-35-22-12-10-19(11-13-22)21-16-23(28(29)31-17-21)27(34)24-8-5-9-26(32-24)33-15-14-30-25(18-33)20-6-3-2-4-7-20;;;/h2-13,16-17,25,30H,14-15,18H2,1H3,(H2,29,31);3*1H. The maximum Gasteiger partial charge on any atom is 0.215 e. The summed E-state index contributed by atoms with van der Waals surface area (Å²) in [6.07, 6.45) is 1.67. The molecule has 5 rings (SSSR count). The third-order valence-electron chi connectivity index (χ3n) is 6.25. The highest BCUT2D eigenvalue weighted by atomic mass is 16.5. The number of ketones is 1. The number of piperazine rings is 1. The third-order valence-corrected chi connectivity index (χ3v) is 6.25. The number of pyridine rings is 2. The Morgan fingerprint density at radius 1 is 1.06 bits per heavy atom. The second-order valence-corrected chi connectivity index (χ2v) is 8.46. The van der Waals surface area contributed by atoms with Gasteiger partial charge in [0.15, 0.2) is 0 Å². The molecule has 0 bridgehead atoms. The zero-order valence-corrected chi connectivity index (χ0v) is 19.5. The van der Waals surface area contributed by atoms with Gasteiger partial charge in [0.05, 0.1) is 12.7 Å². The Kier molecular flexibility index (Phi) is 6.41. The summed E-state index contributed by atoms with van der Waals surface area (Å²) in [5.74, 6) is 1.47. The van der Waals surface area contributed by atoms with E-state index >= 15 is 0 Å². The molecule has 1 aliphatic heterocycles. The van der Waals surface area contributed by atoms with Gasteiger partial charge in [-0.05, 0) is 41.5 Å². The van der Waals surface area contributed by atoms with Crippen LogP contribution < -0.4 is 20.7 Å². The lowest BCUT2D eigenvalue weighted by Gasteiger charge is -2.35. The Bertz CT molecular complexity index is 1340. The number of anilines is 2. The predicted molar refractivity (Wildman–Crippen MR) is 144 cm³/mol. The molecule has 182 valence electrons. The average Bonchev–Trinajstić information content (AvgIpc) is 2.93. The van der Waals surface area contributed by atoms with E-state index in [0.717, 1.165) is 42.3 Å². The zero-order chi connectivity index (χ0) is 24.2. The van der Waals surface area contributed by atoms with Gasteiger partial charge >= 0.3 is 0 Å². The highest BCUT2D eigenvalue weighted by molar-refractivity contribution is 6.11. The minimum absolute atomic E-state index is 0. The maximum atomic E-state index is 13.4. The molecular formula is C28H33N5O2. The molecule has 3 N–H and O–H groups in total. The van der Waals surface area contributed by atoms with Gasteiger partial charge in [0.25, 0.3) is 0 Å². The number of hydrogen-bond donors (Lipinski definition) is 2. The first kappa shape index (κ1) is 22.6. The molecular weight excluding hydrogens is 438 g/mol. The highest BCUT2D eigenvalue weighted by Gasteiger charge is 2.23. The van der Waals surface area contributed by atoms with Gasteiger partial charge in [-0.2, -0.15) is 0 Å². The SMILES string of the molecule is COc1ccc(-c2cnc(N)c(C(=O)c3cccc(N4CCNC(c5ccccc5)C4)n3)c2)cc1.[HH].[HH].[HH]. The average molecular weight is 472 g/mol. The van der Waals surface area contributed by atoms with Gasteiger partial charge in [-0.1, -0.05) is 48.5 Å². The molecule has 2 aromatic carbocycles. The molecule has 0 radical (unpaired) electrons. The van der Waals surface area contributed by atoms with E-state index in [4.69, 9.17) is 15.5 Å². The molecule has 0 amide bonds. The molecule has 7 nitrogen and oxygen atoms in total. The van der Waals surface area contributed by atoms with E-state index in [2.05, 4.69) is 27.3 Å². The lowest BCUT2D eigenvalue weighted by Crippen LogP contribution is -2.46. The van der Waals surface area contributed by atoms with Gasteiger partial charge in [0, 0.05) is 41.7 Å². The molecule has 0 spiro atoms. The van der Waals surface area contributed by atoms with Crippen LogP contribution in [0.3, 0.4) is 0 Å². The Morgan fingerprint density at radius 2 is 1.86 bits per heavy atom. The number of methoxy groups -OCH3 is 1. The number of nitrogens with zero attached hydrogens (tertiary/aromatic N) is 3. The Balaban J connectivity index is 0.00000169. The van der Waals surface area contributed by atoms with Crippen molar-refractivity contribution in [2.24, 2.45) is 0 Å².